The zero-order chi connectivity index (χ0) is 17.5. The fourth-order valence-electron chi connectivity index (χ4n) is 4.11. The van der Waals surface area contributed by atoms with Crippen LogP contribution < -0.4 is 0 Å². The van der Waals surface area contributed by atoms with Crippen LogP contribution in [0.2, 0.25) is 0 Å². The maximum Gasteiger partial charge on any atom is 0.147 e. The van der Waals surface area contributed by atoms with Crippen molar-refractivity contribution in [2.45, 2.75) is 77.8 Å². The Morgan fingerprint density at radius 1 is 0.960 bits per heavy atom. The number of likely N-dealkylation sites (tertiary alicyclic amines) is 1. The van der Waals surface area contributed by atoms with E-state index in [1.807, 2.05) is 6.07 Å². The molecule has 3 heteroatoms. The number of aromatic nitrogens is 1. The summed E-state index contributed by atoms with van der Waals surface area (Å²) in [6.07, 6.45) is 13.8. The first-order chi connectivity index (χ1) is 12.3. The minimum atomic E-state index is -0.0756. The van der Waals surface area contributed by atoms with Crippen molar-refractivity contribution in [1.82, 2.24) is 9.47 Å². The second kappa shape index (κ2) is 9.38. The van der Waals surface area contributed by atoms with Gasteiger partial charge in [0.15, 0.2) is 0 Å². The summed E-state index contributed by atoms with van der Waals surface area (Å²) in [4.78, 5) is 2.53. The van der Waals surface area contributed by atoms with Gasteiger partial charge >= 0.3 is 0 Å². The summed E-state index contributed by atoms with van der Waals surface area (Å²) in [5.74, 6) is -0.0756. The first-order valence-electron chi connectivity index (χ1n) is 10.3. The lowest BCUT2D eigenvalue weighted by atomic mass is 10.1. The summed E-state index contributed by atoms with van der Waals surface area (Å²) < 4.78 is 16.7. The largest absolute Gasteiger partial charge is 0.345 e. The Morgan fingerprint density at radius 3 is 2.52 bits per heavy atom. The standard InChI is InChI=1S/C22H33FN2/c1-2-3-4-5-6-10-16-25-18-19(17-24-14-8-7-9-15-24)20-12-11-13-21(23)22(20)25/h11-13,18H,2-10,14-17H2,1H3. The lowest BCUT2D eigenvalue weighted by Crippen LogP contribution is -2.28. The number of para-hydroxylation sites is 1. The van der Waals surface area contributed by atoms with Crippen LogP contribution in [-0.2, 0) is 13.1 Å². The van der Waals surface area contributed by atoms with Crippen LogP contribution in [0.3, 0.4) is 0 Å². The van der Waals surface area contributed by atoms with Gasteiger partial charge < -0.3 is 4.57 Å². The van der Waals surface area contributed by atoms with E-state index in [4.69, 9.17) is 0 Å². The molecule has 0 atom stereocenters. The van der Waals surface area contributed by atoms with Gasteiger partial charge in [-0.05, 0) is 44.0 Å². The van der Waals surface area contributed by atoms with E-state index in [0.717, 1.165) is 30.4 Å². The van der Waals surface area contributed by atoms with Crippen LogP contribution in [0, 0.1) is 5.82 Å². The topological polar surface area (TPSA) is 8.17 Å². The van der Waals surface area contributed by atoms with E-state index < -0.39 is 0 Å². The van der Waals surface area contributed by atoms with Crippen LogP contribution in [0.25, 0.3) is 10.9 Å². The third-order valence-electron chi connectivity index (χ3n) is 5.53. The van der Waals surface area contributed by atoms with Crippen molar-refractivity contribution in [3.05, 3.63) is 35.8 Å². The number of piperidine rings is 1. The first-order valence-corrected chi connectivity index (χ1v) is 10.3. The molecule has 2 nitrogen and oxygen atoms in total. The molecule has 0 saturated carbocycles. The van der Waals surface area contributed by atoms with E-state index in [1.54, 1.807) is 6.07 Å². The molecular weight excluding hydrogens is 311 g/mol. The quantitative estimate of drug-likeness (QED) is 0.497. The van der Waals surface area contributed by atoms with Gasteiger partial charge in [0.05, 0.1) is 5.52 Å². The highest BCUT2D eigenvalue weighted by Crippen LogP contribution is 2.26. The van der Waals surface area contributed by atoms with Crippen molar-refractivity contribution in [2.75, 3.05) is 13.1 Å². The smallest absolute Gasteiger partial charge is 0.147 e. The Bertz CT molecular complexity index is 655. The Morgan fingerprint density at radius 2 is 1.72 bits per heavy atom. The zero-order valence-corrected chi connectivity index (χ0v) is 15.8. The predicted octanol–water partition coefficient (Wildman–Crippen LogP) is 6.13. The second-order valence-electron chi connectivity index (χ2n) is 7.59. The molecule has 2 heterocycles. The van der Waals surface area contributed by atoms with Crippen molar-refractivity contribution < 1.29 is 4.39 Å². The Hall–Kier alpha value is -1.35. The molecule has 138 valence electrons. The van der Waals surface area contributed by atoms with Gasteiger partial charge in [-0.25, -0.2) is 4.39 Å². The highest BCUT2D eigenvalue weighted by atomic mass is 19.1. The summed E-state index contributed by atoms with van der Waals surface area (Å²) >= 11 is 0. The van der Waals surface area contributed by atoms with Crippen LogP contribution in [0.15, 0.2) is 24.4 Å². The van der Waals surface area contributed by atoms with Crippen molar-refractivity contribution >= 4 is 10.9 Å². The molecule has 1 aromatic heterocycles. The number of hydrogen-bond donors (Lipinski definition) is 0. The fourth-order valence-corrected chi connectivity index (χ4v) is 4.11. The molecule has 1 aliphatic heterocycles. The van der Waals surface area contributed by atoms with Gasteiger partial charge in [-0.2, -0.15) is 0 Å². The lowest BCUT2D eigenvalue weighted by molar-refractivity contribution is 0.221. The molecule has 0 amide bonds. The number of rotatable bonds is 9. The van der Waals surface area contributed by atoms with E-state index >= 15 is 0 Å². The van der Waals surface area contributed by atoms with Gasteiger partial charge in [0, 0.05) is 24.7 Å². The number of aryl methyl sites for hydroxylation is 1. The monoisotopic (exact) mass is 344 g/mol. The third-order valence-corrected chi connectivity index (χ3v) is 5.53. The maximum atomic E-state index is 14.5. The fraction of sp³-hybridized carbons (Fsp3) is 0.636. The second-order valence-corrected chi connectivity index (χ2v) is 7.59. The Labute approximate surface area is 152 Å². The maximum absolute atomic E-state index is 14.5. The molecule has 25 heavy (non-hydrogen) atoms. The molecular formula is C22H33FN2. The van der Waals surface area contributed by atoms with Crippen LogP contribution in [0.5, 0.6) is 0 Å². The highest BCUT2D eigenvalue weighted by molar-refractivity contribution is 5.84. The number of hydrogen-bond acceptors (Lipinski definition) is 1. The lowest BCUT2D eigenvalue weighted by Gasteiger charge is -2.26. The van der Waals surface area contributed by atoms with Gasteiger partial charge in [-0.1, -0.05) is 57.6 Å². The number of halogens is 1. The van der Waals surface area contributed by atoms with Gasteiger partial charge in [0.25, 0.3) is 0 Å². The summed E-state index contributed by atoms with van der Waals surface area (Å²) in [6, 6.07) is 5.55. The molecule has 0 bridgehead atoms. The molecule has 3 rings (SSSR count). The highest BCUT2D eigenvalue weighted by Gasteiger charge is 2.16. The summed E-state index contributed by atoms with van der Waals surface area (Å²) in [7, 11) is 0. The van der Waals surface area contributed by atoms with Gasteiger partial charge in [0.1, 0.15) is 5.82 Å². The van der Waals surface area contributed by atoms with Crippen LogP contribution >= 0.6 is 0 Å². The van der Waals surface area contributed by atoms with Crippen LogP contribution in [0.1, 0.15) is 70.3 Å². The van der Waals surface area contributed by atoms with Gasteiger partial charge in [-0.15, -0.1) is 0 Å². The van der Waals surface area contributed by atoms with Gasteiger partial charge in [-0.3, -0.25) is 4.90 Å². The van der Waals surface area contributed by atoms with Crippen molar-refractivity contribution in [3.63, 3.8) is 0 Å². The predicted molar refractivity (Wildman–Crippen MR) is 104 cm³/mol. The van der Waals surface area contributed by atoms with Crippen molar-refractivity contribution in [3.8, 4) is 0 Å². The average Bonchev–Trinajstić information content (AvgIpc) is 2.98. The molecule has 1 aliphatic rings. The number of nitrogens with zero attached hydrogens (tertiary/aromatic N) is 2. The molecule has 2 aromatic rings. The average molecular weight is 345 g/mol. The summed E-state index contributed by atoms with van der Waals surface area (Å²) in [5, 5.41) is 1.11. The van der Waals surface area contributed by atoms with E-state index in [-0.39, 0.29) is 5.82 Å². The van der Waals surface area contributed by atoms with Crippen molar-refractivity contribution in [1.29, 1.82) is 0 Å². The number of unbranched alkanes of at least 4 members (excludes halogenated alkanes) is 5. The zero-order valence-electron chi connectivity index (χ0n) is 15.8. The number of benzene rings is 1. The third kappa shape index (κ3) is 4.84. The van der Waals surface area contributed by atoms with E-state index in [1.165, 1.54) is 70.0 Å². The molecule has 0 N–H and O–H groups in total. The molecule has 1 saturated heterocycles. The summed E-state index contributed by atoms with van der Waals surface area (Å²) in [5.41, 5.74) is 2.10. The van der Waals surface area contributed by atoms with Gasteiger partial charge in [0.2, 0.25) is 0 Å². The van der Waals surface area contributed by atoms with E-state index in [2.05, 4.69) is 28.7 Å². The molecule has 1 fully saturated rings. The van der Waals surface area contributed by atoms with E-state index in [9.17, 15) is 4.39 Å². The SMILES string of the molecule is CCCCCCCCn1cc(CN2CCCCC2)c2cccc(F)c21. The Balaban J connectivity index is 1.69. The van der Waals surface area contributed by atoms with Crippen molar-refractivity contribution in [2.24, 2.45) is 0 Å². The molecule has 0 aliphatic carbocycles. The first kappa shape index (κ1) is 18.4. The van der Waals surface area contributed by atoms with Crippen LogP contribution in [0.4, 0.5) is 4.39 Å². The minimum Gasteiger partial charge on any atom is -0.345 e. The molecule has 1 aromatic carbocycles. The van der Waals surface area contributed by atoms with E-state index in [0.29, 0.717) is 0 Å². The molecule has 0 spiro atoms. The summed E-state index contributed by atoms with van der Waals surface area (Å²) in [6.45, 7) is 6.50. The normalized spacial score (nSPS) is 15.9. The molecule has 0 radical (unpaired) electrons. The Kier molecular flexibility index (Phi) is 6.92. The van der Waals surface area contributed by atoms with Crippen LogP contribution in [-0.4, -0.2) is 22.6 Å². The minimum absolute atomic E-state index is 0.0756. The molecule has 0 unspecified atom stereocenters. The number of fused-ring (bicyclic) bond motifs is 1.